The van der Waals surface area contributed by atoms with Crippen LogP contribution in [0.2, 0.25) is 0 Å². The Kier molecular flexibility index (Phi) is 9.15. The molecule has 0 radical (unpaired) electrons. The zero-order valence-electron chi connectivity index (χ0n) is 13.4. The molecule has 1 aromatic carbocycles. The SMILES string of the molecule is CCCCCCCOC(=O)CC(N)CC(=O)c1ccccc1. The first-order chi connectivity index (χ1) is 10.6. The second-order valence-electron chi connectivity index (χ2n) is 5.59. The normalized spacial score (nSPS) is 11.9. The second-order valence-corrected chi connectivity index (χ2v) is 5.59. The van der Waals surface area contributed by atoms with Crippen LogP contribution in [0.15, 0.2) is 30.3 Å². The van der Waals surface area contributed by atoms with E-state index in [1.54, 1.807) is 12.1 Å². The quantitative estimate of drug-likeness (QED) is 0.386. The average molecular weight is 305 g/mol. The number of nitrogens with two attached hydrogens (primary N) is 1. The van der Waals surface area contributed by atoms with Gasteiger partial charge >= 0.3 is 5.97 Å². The smallest absolute Gasteiger partial charge is 0.307 e. The van der Waals surface area contributed by atoms with E-state index >= 15 is 0 Å². The lowest BCUT2D eigenvalue weighted by Gasteiger charge is -2.10. The first-order valence-corrected chi connectivity index (χ1v) is 8.13. The van der Waals surface area contributed by atoms with E-state index in [1.165, 1.54) is 19.3 Å². The number of rotatable bonds is 11. The van der Waals surface area contributed by atoms with Gasteiger partial charge in [0, 0.05) is 18.0 Å². The van der Waals surface area contributed by atoms with Gasteiger partial charge in [-0.25, -0.2) is 0 Å². The molecular formula is C18H27NO3. The molecule has 0 amide bonds. The van der Waals surface area contributed by atoms with Gasteiger partial charge in [0.2, 0.25) is 0 Å². The van der Waals surface area contributed by atoms with Crippen molar-refractivity contribution in [3.63, 3.8) is 0 Å². The second kappa shape index (κ2) is 11.0. The highest BCUT2D eigenvalue weighted by molar-refractivity contribution is 5.96. The van der Waals surface area contributed by atoms with Crippen LogP contribution in [0.1, 0.15) is 62.2 Å². The number of ether oxygens (including phenoxy) is 1. The number of unbranched alkanes of at least 4 members (excludes halogenated alkanes) is 4. The minimum atomic E-state index is -0.486. The van der Waals surface area contributed by atoms with Crippen molar-refractivity contribution in [2.24, 2.45) is 5.73 Å². The molecule has 22 heavy (non-hydrogen) atoms. The Balaban J connectivity index is 2.17. The van der Waals surface area contributed by atoms with E-state index in [9.17, 15) is 9.59 Å². The van der Waals surface area contributed by atoms with Crippen LogP contribution < -0.4 is 5.73 Å². The lowest BCUT2D eigenvalue weighted by molar-refractivity contribution is -0.144. The first-order valence-electron chi connectivity index (χ1n) is 8.13. The molecule has 0 aliphatic carbocycles. The van der Waals surface area contributed by atoms with Gasteiger partial charge in [0.05, 0.1) is 13.0 Å². The number of benzene rings is 1. The Bertz CT molecular complexity index is 445. The number of hydrogen-bond acceptors (Lipinski definition) is 4. The van der Waals surface area contributed by atoms with Gasteiger partial charge in [0.15, 0.2) is 5.78 Å². The van der Waals surface area contributed by atoms with Gasteiger partial charge in [-0.3, -0.25) is 9.59 Å². The summed E-state index contributed by atoms with van der Waals surface area (Å²) in [5.41, 5.74) is 6.49. The van der Waals surface area contributed by atoms with Crippen molar-refractivity contribution in [1.82, 2.24) is 0 Å². The van der Waals surface area contributed by atoms with Gasteiger partial charge in [0.25, 0.3) is 0 Å². The van der Waals surface area contributed by atoms with Gasteiger partial charge in [-0.1, -0.05) is 62.9 Å². The van der Waals surface area contributed by atoms with Crippen LogP contribution in [0.4, 0.5) is 0 Å². The monoisotopic (exact) mass is 305 g/mol. The number of ketones is 1. The molecule has 1 unspecified atom stereocenters. The average Bonchev–Trinajstić information content (AvgIpc) is 2.51. The molecule has 0 saturated carbocycles. The molecule has 0 fully saturated rings. The van der Waals surface area contributed by atoms with Crippen molar-refractivity contribution in [2.45, 2.75) is 57.9 Å². The molecule has 0 bridgehead atoms. The molecule has 2 N–H and O–H groups in total. The van der Waals surface area contributed by atoms with Crippen molar-refractivity contribution in [1.29, 1.82) is 0 Å². The summed E-state index contributed by atoms with van der Waals surface area (Å²) >= 11 is 0. The summed E-state index contributed by atoms with van der Waals surface area (Å²) in [5, 5.41) is 0. The Morgan fingerprint density at radius 3 is 2.41 bits per heavy atom. The summed E-state index contributed by atoms with van der Waals surface area (Å²) < 4.78 is 5.15. The van der Waals surface area contributed by atoms with Crippen molar-refractivity contribution < 1.29 is 14.3 Å². The van der Waals surface area contributed by atoms with E-state index < -0.39 is 6.04 Å². The predicted molar refractivity (Wildman–Crippen MR) is 87.7 cm³/mol. The molecule has 1 rings (SSSR count). The topological polar surface area (TPSA) is 69.4 Å². The molecule has 4 heteroatoms. The third-order valence-electron chi connectivity index (χ3n) is 3.48. The van der Waals surface area contributed by atoms with Crippen LogP contribution in [0.5, 0.6) is 0 Å². The van der Waals surface area contributed by atoms with Gasteiger partial charge < -0.3 is 10.5 Å². The molecular weight excluding hydrogens is 278 g/mol. The van der Waals surface area contributed by atoms with Crippen LogP contribution in [-0.2, 0) is 9.53 Å². The molecule has 1 aromatic rings. The maximum Gasteiger partial charge on any atom is 0.307 e. The molecule has 0 aliphatic heterocycles. The summed E-state index contributed by atoms with van der Waals surface area (Å²) in [4.78, 5) is 23.6. The number of carbonyl (C=O) groups is 2. The summed E-state index contributed by atoms with van der Waals surface area (Å²) in [6, 6.07) is 8.50. The number of Topliss-reactive ketones (excluding diaryl/α,β-unsaturated/α-hetero) is 1. The standard InChI is InChI=1S/C18H27NO3/c1-2-3-4-5-9-12-22-18(21)14-16(19)13-17(20)15-10-7-6-8-11-15/h6-8,10-11,16H,2-5,9,12-14,19H2,1H3. The highest BCUT2D eigenvalue weighted by Gasteiger charge is 2.15. The first kappa shape index (κ1) is 18.4. The predicted octanol–water partition coefficient (Wildman–Crippen LogP) is 3.49. The van der Waals surface area contributed by atoms with E-state index in [0.29, 0.717) is 12.2 Å². The maximum atomic E-state index is 12.0. The number of esters is 1. The molecule has 1 atom stereocenters. The third kappa shape index (κ3) is 7.93. The lowest BCUT2D eigenvalue weighted by atomic mass is 10.0. The summed E-state index contributed by atoms with van der Waals surface area (Å²) in [6.45, 7) is 2.61. The van der Waals surface area contributed by atoms with Crippen molar-refractivity contribution in [2.75, 3.05) is 6.61 Å². The zero-order chi connectivity index (χ0) is 16.2. The molecule has 0 aromatic heterocycles. The highest BCUT2D eigenvalue weighted by Crippen LogP contribution is 2.08. The molecule has 4 nitrogen and oxygen atoms in total. The third-order valence-corrected chi connectivity index (χ3v) is 3.48. The van der Waals surface area contributed by atoms with E-state index in [0.717, 1.165) is 12.8 Å². The fraction of sp³-hybridized carbons (Fsp3) is 0.556. The van der Waals surface area contributed by atoms with E-state index in [-0.39, 0.29) is 24.6 Å². The summed E-state index contributed by atoms with van der Waals surface area (Å²) in [5.74, 6) is -0.357. The Morgan fingerprint density at radius 2 is 1.73 bits per heavy atom. The van der Waals surface area contributed by atoms with E-state index in [1.807, 2.05) is 18.2 Å². The number of hydrogen-bond donors (Lipinski definition) is 1. The van der Waals surface area contributed by atoms with Gasteiger partial charge in [-0.15, -0.1) is 0 Å². The zero-order valence-corrected chi connectivity index (χ0v) is 13.4. The summed E-state index contributed by atoms with van der Waals surface area (Å²) in [7, 11) is 0. The van der Waals surface area contributed by atoms with Crippen LogP contribution in [0, 0.1) is 0 Å². The Morgan fingerprint density at radius 1 is 1.05 bits per heavy atom. The maximum absolute atomic E-state index is 12.0. The molecule has 0 spiro atoms. The summed E-state index contributed by atoms with van der Waals surface area (Å²) in [6.07, 6.45) is 5.83. The van der Waals surface area contributed by atoms with Gasteiger partial charge in [0.1, 0.15) is 0 Å². The van der Waals surface area contributed by atoms with Gasteiger partial charge in [-0.2, -0.15) is 0 Å². The van der Waals surface area contributed by atoms with E-state index in [4.69, 9.17) is 10.5 Å². The largest absolute Gasteiger partial charge is 0.466 e. The Labute approximate surface area is 133 Å². The minimum absolute atomic E-state index is 0.0412. The fourth-order valence-electron chi connectivity index (χ4n) is 2.22. The van der Waals surface area contributed by atoms with Crippen molar-refractivity contribution in [3.05, 3.63) is 35.9 Å². The molecule has 122 valence electrons. The van der Waals surface area contributed by atoms with Crippen LogP contribution in [0.3, 0.4) is 0 Å². The fourth-order valence-corrected chi connectivity index (χ4v) is 2.22. The number of carbonyl (C=O) groups excluding carboxylic acids is 2. The van der Waals surface area contributed by atoms with Crippen LogP contribution in [0.25, 0.3) is 0 Å². The Hall–Kier alpha value is -1.68. The van der Waals surface area contributed by atoms with Crippen molar-refractivity contribution >= 4 is 11.8 Å². The molecule has 0 heterocycles. The van der Waals surface area contributed by atoms with Crippen molar-refractivity contribution in [3.8, 4) is 0 Å². The molecule has 0 aliphatic rings. The lowest BCUT2D eigenvalue weighted by Crippen LogP contribution is -2.28. The minimum Gasteiger partial charge on any atom is -0.466 e. The molecule has 0 saturated heterocycles. The van der Waals surface area contributed by atoms with Crippen LogP contribution in [-0.4, -0.2) is 24.4 Å². The van der Waals surface area contributed by atoms with E-state index in [2.05, 4.69) is 6.92 Å². The van der Waals surface area contributed by atoms with Crippen LogP contribution >= 0.6 is 0 Å². The van der Waals surface area contributed by atoms with Gasteiger partial charge in [-0.05, 0) is 6.42 Å². The highest BCUT2D eigenvalue weighted by atomic mass is 16.5.